The molecule has 0 spiro atoms. The van der Waals surface area contributed by atoms with Gasteiger partial charge in [-0.2, -0.15) is 4.98 Å². The Bertz CT molecular complexity index is 730. The topological polar surface area (TPSA) is 84.3 Å². The summed E-state index contributed by atoms with van der Waals surface area (Å²) < 4.78 is 6.59. The number of esters is 1. The highest BCUT2D eigenvalue weighted by molar-refractivity contribution is 5.79. The van der Waals surface area contributed by atoms with E-state index in [4.69, 9.17) is 4.74 Å². The molecular formula is C12H13N5O2. The molecule has 0 atom stereocenters. The Morgan fingerprint density at radius 2 is 2.26 bits per heavy atom. The van der Waals surface area contributed by atoms with Gasteiger partial charge in [0.05, 0.1) is 17.6 Å². The molecule has 2 aromatic heterocycles. The van der Waals surface area contributed by atoms with E-state index < -0.39 is 0 Å². The van der Waals surface area contributed by atoms with E-state index in [0.29, 0.717) is 18.3 Å². The molecule has 7 heteroatoms. The molecule has 0 aliphatic carbocycles. The first kappa shape index (κ1) is 11.5. The lowest BCUT2D eigenvalue weighted by Crippen LogP contribution is -2.17. The van der Waals surface area contributed by atoms with Crippen LogP contribution in [-0.4, -0.2) is 38.7 Å². The zero-order valence-electron chi connectivity index (χ0n) is 10.4. The third-order valence-corrected chi connectivity index (χ3v) is 2.68. The van der Waals surface area contributed by atoms with E-state index in [1.165, 1.54) is 0 Å². The van der Waals surface area contributed by atoms with E-state index in [2.05, 4.69) is 20.4 Å². The number of fused-ring (bicyclic) bond motifs is 3. The van der Waals surface area contributed by atoms with Crippen molar-refractivity contribution < 1.29 is 9.53 Å². The molecular weight excluding hydrogens is 246 g/mol. The number of anilines is 1. The molecule has 7 nitrogen and oxygen atoms in total. The van der Waals surface area contributed by atoms with Gasteiger partial charge in [0.25, 0.3) is 5.78 Å². The van der Waals surface area contributed by atoms with Crippen molar-refractivity contribution >= 4 is 28.7 Å². The van der Waals surface area contributed by atoms with E-state index in [9.17, 15) is 4.79 Å². The number of hydrogen-bond donors (Lipinski definition) is 2. The van der Waals surface area contributed by atoms with Crippen LogP contribution in [0.5, 0.6) is 0 Å². The van der Waals surface area contributed by atoms with Crippen molar-refractivity contribution in [3.63, 3.8) is 0 Å². The third-order valence-electron chi connectivity index (χ3n) is 2.68. The summed E-state index contributed by atoms with van der Waals surface area (Å²) in [7, 11) is 0. The van der Waals surface area contributed by atoms with Crippen LogP contribution in [0.4, 0.5) is 5.95 Å². The van der Waals surface area contributed by atoms with E-state index in [1.807, 2.05) is 24.3 Å². The third kappa shape index (κ3) is 2.10. The van der Waals surface area contributed by atoms with E-state index in [1.54, 1.807) is 11.4 Å². The highest BCUT2D eigenvalue weighted by Gasteiger charge is 2.09. The molecule has 0 saturated heterocycles. The predicted octanol–water partition coefficient (Wildman–Crippen LogP) is 1.19. The fraction of sp³-hybridized carbons (Fsp3) is 0.250. The number of hydrogen-bond acceptors (Lipinski definition) is 5. The van der Waals surface area contributed by atoms with Crippen molar-refractivity contribution in [2.45, 2.75) is 6.92 Å². The van der Waals surface area contributed by atoms with Crippen LogP contribution in [0.3, 0.4) is 0 Å². The lowest BCUT2D eigenvalue weighted by Gasteiger charge is -2.01. The zero-order chi connectivity index (χ0) is 13.2. The first-order chi connectivity index (χ1) is 9.28. The molecule has 0 aliphatic heterocycles. The summed E-state index contributed by atoms with van der Waals surface area (Å²) in [6, 6.07) is 7.73. The van der Waals surface area contributed by atoms with Crippen molar-refractivity contribution in [2.24, 2.45) is 0 Å². The van der Waals surface area contributed by atoms with Crippen molar-refractivity contribution in [1.82, 2.24) is 19.6 Å². The van der Waals surface area contributed by atoms with Crippen LogP contribution < -0.4 is 5.32 Å². The summed E-state index contributed by atoms with van der Waals surface area (Å²) in [6.45, 7) is 2.21. The van der Waals surface area contributed by atoms with Crippen LogP contribution in [0.15, 0.2) is 24.3 Å². The number of imidazole rings is 1. The van der Waals surface area contributed by atoms with Crippen molar-refractivity contribution in [2.75, 3.05) is 18.5 Å². The molecule has 3 rings (SSSR count). The molecule has 3 aromatic rings. The van der Waals surface area contributed by atoms with Crippen LogP contribution >= 0.6 is 0 Å². The van der Waals surface area contributed by atoms with Crippen LogP contribution in [0.2, 0.25) is 0 Å². The summed E-state index contributed by atoms with van der Waals surface area (Å²) in [6.07, 6.45) is 0. The minimum absolute atomic E-state index is 0.0719. The number of aromatic amines is 1. The summed E-state index contributed by atoms with van der Waals surface area (Å²) in [5.74, 6) is 0.732. The number of carbonyl (C=O) groups is 1. The van der Waals surface area contributed by atoms with Crippen LogP contribution in [0.1, 0.15) is 6.92 Å². The Labute approximate surface area is 108 Å². The second-order valence-electron chi connectivity index (χ2n) is 3.97. The van der Waals surface area contributed by atoms with Crippen LogP contribution in [0.25, 0.3) is 16.8 Å². The van der Waals surface area contributed by atoms with Crippen molar-refractivity contribution in [3.05, 3.63) is 24.3 Å². The first-order valence-corrected chi connectivity index (χ1v) is 6.00. The maximum atomic E-state index is 11.2. The number of nitrogens with one attached hydrogen (secondary N) is 2. The molecule has 98 valence electrons. The predicted molar refractivity (Wildman–Crippen MR) is 70.0 cm³/mol. The lowest BCUT2D eigenvalue weighted by molar-refractivity contribution is -0.140. The van der Waals surface area contributed by atoms with Gasteiger partial charge in [-0.15, -0.1) is 0 Å². The van der Waals surface area contributed by atoms with Crippen LogP contribution in [-0.2, 0) is 9.53 Å². The molecule has 2 heterocycles. The van der Waals surface area contributed by atoms with Gasteiger partial charge in [-0.05, 0) is 19.1 Å². The Hall–Kier alpha value is -2.57. The molecule has 0 radical (unpaired) electrons. The maximum Gasteiger partial charge on any atom is 0.325 e. The second-order valence-corrected chi connectivity index (χ2v) is 3.97. The highest BCUT2D eigenvalue weighted by Crippen LogP contribution is 2.15. The number of para-hydroxylation sites is 2. The van der Waals surface area contributed by atoms with Gasteiger partial charge in [0.15, 0.2) is 0 Å². The fourth-order valence-electron chi connectivity index (χ4n) is 1.88. The van der Waals surface area contributed by atoms with Crippen LogP contribution in [0, 0.1) is 0 Å². The fourth-order valence-corrected chi connectivity index (χ4v) is 1.88. The average molecular weight is 259 g/mol. The Morgan fingerprint density at radius 1 is 1.42 bits per heavy atom. The number of rotatable bonds is 4. The largest absolute Gasteiger partial charge is 0.465 e. The van der Waals surface area contributed by atoms with Gasteiger partial charge in [-0.25, -0.2) is 9.50 Å². The number of nitrogens with zero attached hydrogens (tertiary/aromatic N) is 3. The summed E-state index contributed by atoms with van der Waals surface area (Å²) in [5.41, 5.74) is 1.81. The number of carbonyl (C=O) groups excluding carboxylic acids is 1. The first-order valence-electron chi connectivity index (χ1n) is 6.00. The number of aromatic nitrogens is 4. The Balaban J connectivity index is 1.84. The van der Waals surface area contributed by atoms with Crippen molar-refractivity contribution in [3.8, 4) is 0 Å². The quantitative estimate of drug-likeness (QED) is 0.687. The minimum Gasteiger partial charge on any atom is -0.465 e. The van der Waals surface area contributed by atoms with Gasteiger partial charge < -0.3 is 10.1 Å². The summed E-state index contributed by atoms with van der Waals surface area (Å²) in [4.78, 5) is 19.9. The molecule has 0 unspecified atom stereocenters. The maximum absolute atomic E-state index is 11.2. The lowest BCUT2D eigenvalue weighted by atomic mass is 10.3. The van der Waals surface area contributed by atoms with Gasteiger partial charge in [0.2, 0.25) is 5.95 Å². The van der Waals surface area contributed by atoms with Gasteiger partial charge in [-0.3, -0.25) is 9.89 Å². The second kappa shape index (κ2) is 4.60. The molecule has 0 fully saturated rings. The normalized spacial score (nSPS) is 11.0. The number of benzene rings is 1. The number of H-pyrrole nitrogens is 1. The van der Waals surface area contributed by atoms with E-state index >= 15 is 0 Å². The molecule has 0 aliphatic rings. The summed E-state index contributed by atoms with van der Waals surface area (Å²) >= 11 is 0. The van der Waals surface area contributed by atoms with E-state index in [-0.39, 0.29) is 12.5 Å². The molecule has 19 heavy (non-hydrogen) atoms. The van der Waals surface area contributed by atoms with Gasteiger partial charge >= 0.3 is 5.97 Å². The van der Waals surface area contributed by atoms with Gasteiger partial charge in [-0.1, -0.05) is 12.1 Å². The monoisotopic (exact) mass is 259 g/mol. The Kier molecular flexibility index (Phi) is 2.79. The SMILES string of the molecule is CCOC(=O)CNc1nc2nc3ccccc3n2[nH]1. The molecule has 0 saturated carbocycles. The number of ether oxygens (including phenoxy) is 1. The van der Waals surface area contributed by atoms with Gasteiger partial charge in [0, 0.05) is 0 Å². The Morgan fingerprint density at radius 3 is 3.11 bits per heavy atom. The molecule has 1 aromatic carbocycles. The van der Waals surface area contributed by atoms with Crippen molar-refractivity contribution in [1.29, 1.82) is 0 Å². The standard InChI is InChI=1S/C12H13N5O2/c1-2-19-10(18)7-13-11-15-12-14-8-5-3-4-6-9(8)17(12)16-11/h3-6H,2,7H2,1H3,(H2,13,14,15,16). The average Bonchev–Trinajstić information content (AvgIpc) is 2.93. The van der Waals surface area contributed by atoms with E-state index in [0.717, 1.165) is 11.0 Å². The molecule has 0 amide bonds. The molecule has 2 N–H and O–H groups in total. The smallest absolute Gasteiger partial charge is 0.325 e. The summed E-state index contributed by atoms with van der Waals surface area (Å²) in [5, 5.41) is 5.91. The molecule has 0 bridgehead atoms. The highest BCUT2D eigenvalue weighted by atomic mass is 16.5. The minimum atomic E-state index is -0.318. The van der Waals surface area contributed by atoms with Gasteiger partial charge in [0.1, 0.15) is 6.54 Å². The zero-order valence-corrected chi connectivity index (χ0v) is 10.4.